The van der Waals surface area contributed by atoms with E-state index in [4.69, 9.17) is 10.5 Å². The Bertz CT molecular complexity index is 262. The molecule has 120 valence electrons. The van der Waals surface area contributed by atoms with Gasteiger partial charge in [-0.15, -0.1) is 0 Å². The number of unbranched alkanes of at least 4 members (excludes halogenated alkanes) is 5. The average molecular weight is 285 g/mol. The molecule has 1 atom stereocenters. The van der Waals surface area contributed by atoms with Crippen LogP contribution in [0.25, 0.3) is 0 Å². The fourth-order valence-corrected chi connectivity index (χ4v) is 2.37. The summed E-state index contributed by atoms with van der Waals surface area (Å²) in [5, 5.41) is 0. The van der Waals surface area contributed by atoms with E-state index in [0.29, 0.717) is 12.0 Å². The lowest BCUT2D eigenvalue weighted by Gasteiger charge is -2.21. The third-order valence-corrected chi connectivity index (χ3v) is 4.18. The number of hydrogen-bond acceptors (Lipinski definition) is 3. The molecule has 0 aliphatic carbocycles. The molecule has 0 radical (unpaired) electrons. The summed E-state index contributed by atoms with van der Waals surface area (Å²) in [5.41, 5.74) is 5.69. The Hall–Kier alpha value is -0.570. The Labute approximate surface area is 125 Å². The highest BCUT2D eigenvalue weighted by Gasteiger charge is 2.27. The first-order valence-corrected chi connectivity index (χ1v) is 8.15. The zero-order valence-electron chi connectivity index (χ0n) is 14.2. The molecule has 0 aromatic rings. The van der Waals surface area contributed by atoms with E-state index in [1.807, 2.05) is 13.8 Å². The third-order valence-electron chi connectivity index (χ3n) is 4.18. The van der Waals surface area contributed by atoms with Crippen molar-refractivity contribution in [3.63, 3.8) is 0 Å². The van der Waals surface area contributed by atoms with Crippen molar-refractivity contribution < 1.29 is 9.53 Å². The number of rotatable bonds is 11. The quantitative estimate of drug-likeness (QED) is 0.455. The molecule has 0 fully saturated rings. The zero-order chi connectivity index (χ0) is 15.6. The van der Waals surface area contributed by atoms with Crippen LogP contribution in [0.4, 0.5) is 0 Å². The minimum atomic E-state index is -0.335. The SMILES string of the molecule is COC(=O)C(C)(C)CCCCCCCCC(N)C(C)C. The molecule has 0 aliphatic heterocycles. The standard InChI is InChI=1S/C17H35NO2/c1-14(2)15(18)12-10-8-6-7-9-11-13-17(3,4)16(19)20-5/h14-15H,6-13,18H2,1-5H3. The summed E-state index contributed by atoms with van der Waals surface area (Å²) in [6, 6.07) is 0.357. The number of ether oxygens (including phenoxy) is 1. The van der Waals surface area contributed by atoms with Crippen molar-refractivity contribution in [1.82, 2.24) is 0 Å². The Kier molecular flexibility index (Phi) is 9.91. The van der Waals surface area contributed by atoms with Gasteiger partial charge < -0.3 is 10.5 Å². The van der Waals surface area contributed by atoms with Gasteiger partial charge in [-0.1, -0.05) is 52.4 Å². The van der Waals surface area contributed by atoms with Gasteiger partial charge in [0.15, 0.2) is 0 Å². The smallest absolute Gasteiger partial charge is 0.311 e. The number of methoxy groups -OCH3 is 1. The molecular formula is C17H35NO2. The Morgan fingerprint density at radius 2 is 1.55 bits per heavy atom. The molecule has 0 saturated carbocycles. The van der Waals surface area contributed by atoms with Gasteiger partial charge >= 0.3 is 5.97 Å². The lowest BCUT2D eigenvalue weighted by atomic mass is 9.87. The van der Waals surface area contributed by atoms with Crippen LogP contribution in [0.15, 0.2) is 0 Å². The van der Waals surface area contributed by atoms with Crippen LogP contribution in [0, 0.1) is 11.3 Å². The molecule has 0 aromatic carbocycles. The summed E-state index contributed by atoms with van der Waals surface area (Å²) in [5.74, 6) is 0.496. The Balaban J connectivity index is 3.48. The van der Waals surface area contributed by atoms with E-state index >= 15 is 0 Å². The summed E-state index contributed by atoms with van der Waals surface area (Å²) in [6.45, 7) is 8.31. The van der Waals surface area contributed by atoms with Gasteiger partial charge in [-0.25, -0.2) is 0 Å². The van der Waals surface area contributed by atoms with Crippen LogP contribution in [-0.2, 0) is 9.53 Å². The number of nitrogens with two attached hydrogens (primary N) is 1. The lowest BCUT2D eigenvalue weighted by Crippen LogP contribution is -2.25. The van der Waals surface area contributed by atoms with E-state index in [2.05, 4.69) is 13.8 Å². The highest BCUT2D eigenvalue weighted by Crippen LogP contribution is 2.25. The van der Waals surface area contributed by atoms with Crippen molar-refractivity contribution in [3.05, 3.63) is 0 Å². The second-order valence-electron chi connectivity index (χ2n) is 6.94. The second-order valence-corrected chi connectivity index (χ2v) is 6.94. The highest BCUT2D eigenvalue weighted by atomic mass is 16.5. The van der Waals surface area contributed by atoms with Gasteiger partial charge in [0.05, 0.1) is 12.5 Å². The van der Waals surface area contributed by atoms with Crippen molar-refractivity contribution in [2.45, 2.75) is 85.1 Å². The average Bonchev–Trinajstić information content (AvgIpc) is 2.40. The van der Waals surface area contributed by atoms with Gasteiger partial charge in [-0.05, 0) is 32.6 Å². The minimum absolute atomic E-state index is 0.0971. The lowest BCUT2D eigenvalue weighted by molar-refractivity contribution is -0.151. The van der Waals surface area contributed by atoms with Crippen LogP contribution in [0.1, 0.15) is 79.1 Å². The summed E-state index contributed by atoms with van der Waals surface area (Å²) in [4.78, 5) is 11.5. The maximum atomic E-state index is 11.5. The van der Waals surface area contributed by atoms with E-state index in [1.54, 1.807) is 0 Å². The molecule has 0 heterocycles. The van der Waals surface area contributed by atoms with Crippen LogP contribution >= 0.6 is 0 Å². The first kappa shape index (κ1) is 19.4. The molecule has 0 bridgehead atoms. The maximum Gasteiger partial charge on any atom is 0.311 e. The molecule has 1 unspecified atom stereocenters. The molecule has 3 nitrogen and oxygen atoms in total. The van der Waals surface area contributed by atoms with Gasteiger partial charge in [-0.2, -0.15) is 0 Å². The molecule has 0 spiro atoms. The first-order chi connectivity index (χ1) is 9.31. The van der Waals surface area contributed by atoms with Crippen LogP contribution < -0.4 is 5.73 Å². The van der Waals surface area contributed by atoms with Crippen molar-refractivity contribution in [2.75, 3.05) is 7.11 Å². The van der Waals surface area contributed by atoms with E-state index < -0.39 is 0 Å². The predicted molar refractivity (Wildman–Crippen MR) is 85.5 cm³/mol. The molecular weight excluding hydrogens is 250 g/mol. The Morgan fingerprint density at radius 1 is 1.05 bits per heavy atom. The number of hydrogen-bond donors (Lipinski definition) is 1. The Morgan fingerprint density at radius 3 is 2.05 bits per heavy atom. The van der Waals surface area contributed by atoms with Crippen LogP contribution in [0.2, 0.25) is 0 Å². The normalized spacial score (nSPS) is 13.6. The molecule has 20 heavy (non-hydrogen) atoms. The molecule has 3 heteroatoms. The number of carbonyl (C=O) groups is 1. The van der Waals surface area contributed by atoms with Crippen LogP contribution in [-0.4, -0.2) is 19.1 Å². The fraction of sp³-hybridized carbons (Fsp3) is 0.941. The molecule has 2 N–H and O–H groups in total. The summed E-state index contributed by atoms with van der Waals surface area (Å²) in [6.07, 6.45) is 9.43. The van der Waals surface area contributed by atoms with Gasteiger partial charge in [0.1, 0.15) is 0 Å². The van der Waals surface area contributed by atoms with E-state index in [9.17, 15) is 4.79 Å². The van der Waals surface area contributed by atoms with Crippen LogP contribution in [0.5, 0.6) is 0 Å². The third kappa shape index (κ3) is 8.57. The fourth-order valence-electron chi connectivity index (χ4n) is 2.37. The highest BCUT2D eigenvalue weighted by molar-refractivity contribution is 5.75. The van der Waals surface area contributed by atoms with Crippen LogP contribution in [0.3, 0.4) is 0 Å². The first-order valence-electron chi connectivity index (χ1n) is 8.15. The largest absolute Gasteiger partial charge is 0.469 e. The monoisotopic (exact) mass is 285 g/mol. The van der Waals surface area contributed by atoms with E-state index in [1.165, 1.54) is 39.2 Å². The van der Waals surface area contributed by atoms with E-state index in [0.717, 1.165) is 19.3 Å². The number of carbonyl (C=O) groups excluding carboxylic acids is 1. The topological polar surface area (TPSA) is 52.3 Å². The molecule has 0 aliphatic rings. The van der Waals surface area contributed by atoms with Crippen molar-refractivity contribution in [1.29, 1.82) is 0 Å². The molecule has 0 amide bonds. The number of esters is 1. The predicted octanol–water partition coefficient (Wildman–Crippen LogP) is 4.29. The molecule has 0 aromatic heterocycles. The van der Waals surface area contributed by atoms with Crippen molar-refractivity contribution in [2.24, 2.45) is 17.1 Å². The zero-order valence-corrected chi connectivity index (χ0v) is 14.2. The van der Waals surface area contributed by atoms with Gasteiger partial charge in [0.2, 0.25) is 0 Å². The van der Waals surface area contributed by atoms with Gasteiger partial charge in [-0.3, -0.25) is 4.79 Å². The van der Waals surface area contributed by atoms with E-state index in [-0.39, 0.29) is 11.4 Å². The molecule has 0 rings (SSSR count). The minimum Gasteiger partial charge on any atom is -0.469 e. The van der Waals surface area contributed by atoms with Crippen molar-refractivity contribution >= 4 is 5.97 Å². The summed E-state index contributed by atoms with van der Waals surface area (Å²) in [7, 11) is 1.46. The summed E-state index contributed by atoms with van der Waals surface area (Å²) >= 11 is 0. The second kappa shape index (κ2) is 10.2. The molecule has 0 saturated heterocycles. The summed E-state index contributed by atoms with van der Waals surface area (Å²) < 4.78 is 4.82. The maximum absolute atomic E-state index is 11.5. The van der Waals surface area contributed by atoms with Gasteiger partial charge in [0.25, 0.3) is 0 Å². The van der Waals surface area contributed by atoms with Crippen molar-refractivity contribution in [3.8, 4) is 0 Å². The van der Waals surface area contributed by atoms with Gasteiger partial charge in [0, 0.05) is 6.04 Å².